The number of carbonyl (C=O) groups excluding carboxylic acids is 2. The number of fused-ring (bicyclic) bond motifs is 1. The first-order valence-corrected chi connectivity index (χ1v) is 5.17. The lowest BCUT2D eigenvalue weighted by molar-refractivity contribution is -0.119. The minimum atomic E-state index is -0.413. The quantitative estimate of drug-likeness (QED) is 0.401. The molecule has 0 unspecified atom stereocenters. The highest BCUT2D eigenvalue weighted by atomic mass is 32.2. The minimum Gasteiger partial charge on any atom is -0.292 e. The maximum atomic E-state index is 11.3. The summed E-state index contributed by atoms with van der Waals surface area (Å²) in [4.78, 5) is 30.4. The lowest BCUT2D eigenvalue weighted by atomic mass is 10.1. The second-order valence-corrected chi connectivity index (χ2v) is 3.54. The zero-order valence-electron chi connectivity index (χ0n) is 7.40. The van der Waals surface area contributed by atoms with Crippen molar-refractivity contribution in [2.24, 2.45) is 0 Å². The van der Waals surface area contributed by atoms with Gasteiger partial charge in [0.1, 0.15) is 0 Å². The van der Waals surface area contributed by atoms with Gasteiger partial charge in [-0.15, -0.1) is 0 Å². The Morgan fingerprint density at radius 3 is 3.00 bits per heavy atom. The summed E-state index contributed by atoms with van der Waals surface area (Å²) in [5.74, 6) is -0.725. The summed E-state index contributed by atoms with van der Waals surface area (Å²) >= 11 is 1.38. The van der Waals surface area contributed by atoms with Crippen LogP contribution in [0.25, 0.3) is 0 Å². The zero-order chi connectivity index (χ0) is 10.1. The Morgan fingerprint density at radius 2 is 2.29 bits per heavy atom. The first-order chi connectivity index (χ1) is 6.70. The highest BCUT2D eigenvalue weighted by Crippen LogP contribution is 2.15. The minimum absolute atomic E-state index is 0.150. The van der Waals surface area contributed by atoms with Gasteiger partial charge in [-0.1, -0.05) is 11.8 Å². The molecule has 72 valence electrons. The van der Waals surface area contributed by atoms with Gasteiger partial charge in [-0.25, -0.2) is 9.97 Å². The molecule has 0 atom stereocenters. The molecule has 1 aliphatic heterocycles. The average molecular weight is 209 g/mol. The van der Waals surface area contributed by atoms with Gasteiger partial charge in [0, 0.05) is 6.20 Å². The van der Waals surface area contributed by atoms with E-state index in [1.54, 1.807) is 0 Å². The van der Waals surface area contributed by atoms with Crippen molar-refractivity contribution in [1.29, 1.82) is 0 Å². The summed E-state index contributed by atoms with van der Waals surface area (Å²) in [6, 6.07) is 0. The van der Waals surface area contributed by atoms with Gasteiger partial charge in [-0.05, 0) is 6.26 Å². The third-order valence-corrected chi connectivity index (χ3v) is 2.42. The van der Waals surface area contributed by atoms with Crippen LogP contribution in [0.2, 0.25) is 0 Å². The first kappa shape index (κ1) is 9.14. The number of rotatable bonds is 1. The third kappa shape index (κ3) is 1.48. The highest BCUT2D eigenvalue weighted by Gasteiger charge is 2.23. The standard InChI is InChI=1S/C8H7N3O2S/c1-14-8-9-3-4-5(10-8)2-6(12)11-7(4)13/h3H,2H2,1H3,(H,11,12,13). The van der Waals surface area contributed by atoms with Crippen molar-refractivity contribution in [2.75, 3.05) is 6.26 Å². The molecular weight excluding hydrogens is 202 g/mol. The maximum Gasteiger partial charge on any atom is 0.261 e. The van der Waals surface area contributed by atoms with Gasteiger partial charge in [0.25, 0.3) is 5.91 Å². The van der Waals surface area contributed by atoms with Crippen LogP contribution in [-0.2, 0) is 11.2 Å². The van der Waals surface area contributed by atoms with Gasteiger partial charge in [0.2, 0.25) is 5.91 Å². The molecule has 1 aromatic rings. The number of thioether (sulfide) groups is 1. The van der Waals surface area contributed by atoms with Gasteiger partial charge in [0.15, 0.2) is 5.16 Å². The highest BCUT2D eigenvalue weighted by molar-refractivity contribution is 7.98. The van der Waals surface area contributed by atoms with Crippen LogP contribution in [0.15, 0.2) is 11.4 Å². The van der Waals surface area contributed by atoms with Crippen LogP contribution in [0.3, 0.4) is 0 Å². The van der Waals surface area contributed by atoms with E-state index in [1.165, 1.54) is 18.0 Å². The van der Waals surface area contributed by atoms with Crippen molar-refractivity contribution in [3.63, 3.8) is 0 Å². The van der Waals surface area contributed by atoms with E-state index in [4.69, 9.17) is 0 Å². The van der Waals surface area contributed by atoms with Crippen LogP contribution >= 0.6 is 11.8 Å². The van der Waals surface area contributed by atoms with Crippen LogP contribution in [-0.4, -0.2) is 28.0 Å². The Morgan fingerprint density at radius 1 is 1.50 bits per heavy atom. The van der Waals surface area contributed by atoms with E-state index in [9.17, 15) is 9.59 Å². The van der Waals surface area contributed by atoms with Crippen LogP contribution in [0.5, 0.6) is 0 Å². The molecule has 0 radical (unpaired) electrons. The summed E-state index contributed by atoms with van der Waals surface area (Å²) in [5, 5.41) is 2.78. The Labute approximate surface area is 84.3 Å². The van der Waals surface area contributed by atoms with E-state index in [2.05, 4.69) is 15.3 Å². The van der Waals surface area contributed by atoms with Crippen molar-refractivity contribution in [3.8, 4) is 0 Å². The molecule has 0 spiro atoms. The molecule has 0 saturated heterocycles. The second-order valence-electron chi connectivity index (χ2n) is 2.77. The van der Waals surface area contributed by atoms with Crippen LogP contribution in [0.4, 0.5) is 0 Å². The number of nitrogens with one attached hydrogen (secondary N) is 1. The van der Waals surface area contributed by atoms with Crippen molar-refractivity contribution >= 4 is 23.6 Å². The van der Waals surface area contributed by atoms with Crippen LogP contribution in [0, 0.1) is 0 Å². The zero-order valence-corrected chi connectivity index (χ0v) is 8.22. The molecular formula is C8H7N3O2S. The van der Waals surface area contributed by atoms with E-state index in [1.807, 2.05) is 6.26 Å². The van der Waals surface area contributed by atoms with Gasteiger partial charge >= 0.3 is 0 Å². The number of hydrogen-bond acceptors (Lipinski definition) is 5. The molecule has 5 nitrogen and oxygen atoms in total. The lowest BCUT2D eigenvalue weighted by Crippen LogP contribution is -2.37. The molecule has 14 heavy (non-hydrogen) atoms. The summed E-state index contributed by atoms with van der Waals surface area (Å²) in [6.45, 7) is 0. The number of carbonyl (C=O) groups is 2. The van der Waals surface area contributed by atoms with E-state index in [-0.39, 0.29) is 12.3 Å². The molecule has 1 aliphatic rings. The summed E-state index contributed by atoms with van der Waals surface area (Å²) in [5.41, 5.74) is 0.903. The molecule has 2 amide bonds. The molecule has 1 N–H and O–H groups in total. The number of aromatic nitrogens is 2. The van der Waals surface area contributed by atoms with E-state index in [0.29, 0.717) is 16.4 Å². The van der Waals surface area contributed by atoms with E-state index in [0.717, 1.165) is 0 Å². The Hall–Kier alpha value is -1.43. The lowest BCUT2D eigenvalue weighted by Gasteiger charge is -2.13. The molecule has 6 heteroatoms. The average Bonchev–Trinajstić information content (AvgIpc) is 2.16. The van der Waals surface area contributed by atoms with Gasteiger partial charge in [-0.3, -0.25) is 14.9 Å². The molecule has 0 aliphatic carbocycles. The van der Waals surface area contributed by atoms with Crippen molar-refractivity contribution in [3.05, 3.63) is 17.5 Å². The molecule has 0 aromatic carbocycles. The van der Waals surface area contributed by atoms with Gasteiger partial charge in [-0.2, -0.15) is 0 Å². The summed E-state index contributed by atoms with van der Waals surface area (Å²) in [7, 11) is 0. The molecule has 0 saturated carbocycles. The maximum absolute atomic E-state index is 11.3. The normalized spacial score (nSPS) is 14.9. The third-order valence-electron chi connectivity index (χ3n) is 1.85. The Bertz CT molecular complexity index is 419. The molecule has 2 heterocycles. The first-order valence-electron chi connectivity index (χ1n) is 3.95. The molecule has 0 fully saturated rings. The van der Waals surface area contributed by atoms with Crippen LogP contribution in [0.1, 0.15) is 16.1 Å². The Balaban J connectivity index is 2.49. The molecule has 0 bridgehead atoms. The van der Waals surface area contributed by atoms with Crippen molar-refractivity contribution in [1.82, 2.24) is 15.3 Å². The Kier molecular flexibility index (Phi) is 2.20. The SMILES string of the molecule is CSc1ncc2c(n1)CC(=O)NC2=O. The smallest absolute Gasteiger partial charge is 0.261 e. The van der Waals surface area contributed by atoms with Crippen molar-refractivity contribution < 1.29 is 9.59 Å². The topological polar surface area (TPSA) is 72.0 Å². The van der Waals surface area contributed by atoms with Gasteiger partial charge < -0.3 is 0 Å². The number of hydrogen-bond donors (Lipinski definition) is 1. The van der Waals surface area contributed by atoms with E-state index < -0.39 is 5.91 Å². The fourth-order valence-corrected chi connectivity index (χ4v) is 1.57. The number of amides is 2. The largest absolute Gasteiger partial charge is 0.292 e. The fraction of sp³-hybridized carbons (Fsp3) is 0.250. The summed E-state index contributed by atoms with van der Waals surface area (Å²) in [6.07, 6.45) is 3.44. The van der Waals surface area contributed by atoms with Crippen molar-refractivity contribution in [2.45, 2.75) is 11.6 Å². The number of imide groups is 1. The monoisotopic (exact) mass is 209 g/mol. The predicted octanol–water partition coefficient (Wildman–Crippen LogP) is 0.0110. The predicted molar refractivity (Wildman–Crippen MR) is 50.0 cm³/mol. The second kappa shape index (κ2) is 3.38. The number of nitrogens with zero attached hydrogens (tertiary/aromatic N) is 2. The molecule has 1 aromatic heterocycles. The van der Waals surface area contributed by atoms with Crippen LogP contribution < -0.4 is 5.32 Å². The summed E-state index contributed by atoms with van der Waals surface area (Å²) < 4.78 is 0. The molecule has 2 rings (SSSR count). The van der Waals surface area contributed by atoms with Gasteiger partial charge in [0.05, 0.1) is 17.7 Å². The van der Waals surface area contributed by atoms with E-state index >= 15 is 0 Å². The fourth-order valence-electron chi connectivity index (χ4n) is 1.21.